The Kier molecular flexibility index (Phi) is 2.94. The maximum absolute atomic E-state index is 12.4. The Morgan fingerprint density at radius 2 is 2.04 bits per heavy atom. The Hall–Kier alpha value is -0.670. The van der Waals surface area contributed by atoms with Gasteiger partial charge in [-0.25, -0.2) is 0 Å². The highest BCUT2D eigenvalue weighted by Gasteiger charge is 2.78. The highest BCUT2D eigenvalue weighted by Crippen LogP contribution is 2.72. The van der Waals surface area contributed by atoms with Crippen LogP contribution in [0.25, 0.3) is 0 Å². The standard InChI is InChI=1S/C21H30O3/c1-12(22)21-18(24-21)11-17-15-5-4-13-10-14(23)6-8-19(13,2)16(15)7-9-20(17,21)3/h7,13-15,17-18,23H,4-6,8-11H2,1-3H3/t13-,14-,15+,17-,18+,19-,20-,21+/m0/s1. The van der Waals surface area contributed by atoms with Crippen LogP contribution >= 0.6 is 0 Å². The van der Waals surface area contributed by atoms with Crippen LogP contribution in [-0.2, 0) is 9.53 Å². The molecule has 5 rings (SSSR count). The molecule has 4 fully saturated rings. The highest BCUT2D eigenvalue weighted by atomic mass is 16.6. The van der Waals surface area contributed by atoms with Crippen molar-refractivity contribution in [3.63, 3.8) is 0 Å². The summed E-state index contributed by atoms with van der Waals surface area (Å²) >= 11 is 0. The third-order valence-electron chi connectivity index (χ3n) is 8.95. The summed E-state index contributed by atoms with van der Waals surface area (Å²) in [6.07, 6.45) is 10.2. The van der Waals surface area contributed by atoms with Crippen LogP contribution in [-0.4, -0.2) is 28.7 Å². The molecule has 0 unspecified atom stereocenters. The second-order valence-electron chi connectivity index (χ2n) is 9.75. The number of aliphatic hydroxyl groups is 1. The monoisotopic (exact) mass is 330 g/mol. The van der Waals surface area contributed by atoms with Crippen LogP contribution in [0.3, 0.4) is 0 Å². The van der Waals surface area contributed by atoms with Crippen LogP contribution in [0.1, 0.15) is 65.7 Å². The van der Waals surface area contributed by atoms with Crippen molar-refractivity contribution in [2.24, 2.45) is 28.6 Å². The summed E-state index contributed by atoms with van der Waals surface area (Å²) in [5, 5.41) is 10.1. The zero-order valence-electron chi connectivity index (χ0n) is 15.2. The predicted molar refractivity (Wildman–Crippen MR) is 91.4 cm³/mol. The van der Waals surface area contributed by atoms with Gasteiger partial charge in [-0.15, -0.1) is 0 Å². The van der Waals surface area contributed by atoms with Gasteiger partial charge in [-0.3, -0.25) is 4.79 Å². The highest BCUT2D eigenvalue weighted by molar-refractivity contribution is 5.90. The van der Waals surface area contributed by atoms with Gasteiger partial charge in [-0.05, 0) is 75.0 Å². The Morgan fingerprint density at radius 1 is 1.25 bits per heavy atom. The first-order valence-corrected chi connectivity index (χ1v) is 9.90. The zero-order chi connectivity index (χ0) is 16.9. The Balaban J connectivity index is 1.53. The molecule has 5 aliphatic rings. The number of carbonyl (C=O) groups excluding carboxylic acids is 1. The van der Waals surface area contributed by atoms with Crippen molar-refractivity contribution in [3.05, 3.63) is 11.6 Å². The van der Waals surface area contributed by atoms with E-state index in [9.17, 15) is 9.90 Å². The van der Waals surface area contributed by atoms with Gasteiger partial charge in [-0.2, -0.15) is 0 Å². The number of fused-ring (bicyclic) bond motifs is 7. The van der Waals surface area contributed by atoms with Crippen molar-refractivity contribution in [1.82, 2.24) is 0 Å². The zero-order valence-corrected chi connectivity index (χ0v) is 15.2. The van der Waals surface area contributed by atoms with E-state index in [2.05, 4.69) is 19.9 Å². The minimum Gasteiger partial charge on any atom is -0.393 e. The molecule has 3 heteroatoms. The van der Waals surface area contributed by atoms with E-state index in [0.29, 0.717) is 17.8 Å². The SMILES string of the molecule is CC(=O)[C@@]12O[C@@H]1C[C@H]1[C@@H]3CC[C@H]4C[C@@H](O)CC[C@]4(C)C3=CC[C@@]12C. The van der Waals surface area contributed by atoms with Crippen molar-refractivity contribution >= 4 is 5.78 Å². The van der Waals surface area contributed by atoms with Gasteiger partial charge in [0.2, 0.25) is 0 Å². The Labute approximate surface area is 144 Å². The minimum absolute atomic E-state index is 0.00492. The molecule has 0 aromatic heterocycles. The fourth-order valence-electron chi connectivity index (χ4n) is 7.57. The lowest BCUT2D eigenvalue weighted by Gasteiger charge is -2.57. The molecule has 1 aliphatic heterocycles. The smallest absolute Gasteiger partial charge is 0.164 e. The molecular formula is C21H30O3. The van der Waals surface area contributed by atoms with Gasteiger partial charge >= 0.3 is 0 Å². The third-order valence-corrected chi connectivity index (χ3v) is 8.95. The number of epoxide rings is 1. The van der Waals surface area contributed by atoms with Gasteiger partial charge in [0.05, 0.1) is 12.2 Å². The maximum atomic E-state index is 12.4. The minimum atomic E-state index is -0.472. The number of ether oxygens (including phenoxy) is 1. The van der Waals surface area contributed by atoms with Gasteiger partial charge in [0.25, 0.3) is 0 Å². The topological polar surface area (TPSA) is 49.8 Å². The summed E-state index contributed by atoms with van der Waals surface area (Å²) in [7, 11) is 0. The molecule has 0 radical (unpaired) electrons. The van der Waals surface area contributed by atoms with Gasteiger partial charge in [0, 0.05) is 5.41 Å². The molecule has 8 atom stereocenters. The fourth-order valence-corrected chi connectivity index (χ4v) is 7.57. The second kappa shape index (κ2) is 4.54. The number of carbonyl (C=O) groups is 1. The summed E-state index contributed by atoms with van der Waals surface area (Å²) in [5.74, 6) is 2.12. The second-order valence-corrected chi connectivity index (χ2v) is 9.75. The molecule has 4 aliphatic carbocycles. The number of allylic oxidation sites excluding steroid dienone is 2. The molecule has 1 N–H and O–H groups in total. The first kappa shape index (κ1) is 15.6. The van der Waals surface area contributed by atoms with Crippen molar-refractivity contribution in [2.45, 2.75) is 83.5 Å². The molecule has 0 bridgehead atoms. The number of hydrogen-bond donors (Lipinski definition) is 1. The molecular weight excluding hydrogens is 300 g/mol. The normalized spacial score (nSPS) is 58.0. The molecule has 1 heterocycles. The number of Topliss-reactive ketones (excluding diaryl/α,β-unsaturated/α-hetero) is 1. The maximum Gasteiger partial charge on any atom is 0.164 e. The van der Waals surface area contributed by atoms with Crippen LogP contribution in [0.2, 0.25) is 0 Å². The van der Waals surface area contributed by atoms with E-state index in [1.54, 1.807) is 12.5 Å². The molecule has 132 valence electrons. The fraction of sp³-hybridized carbons (Fsp3) is 0.857. The van der Waals surface area contributed by atoms with Gasteiger partial charge in [0.1, 0.15) is 0 Å². The van der Waals surface area contributed by atoms with Gasteiger partial charge < -0.3 is 9.84 Å². The first-order valence-electron chi connectivity index (χ1n) is 9.90. The summed E-state index contributed by atoms with van der Waals surface area (Å²) in [6.45, 7) is 6.50. The average molecular weight is 330 g/mol. The van der Waals surface area contributed by atoms with Crippen LogP contribution in [0.15, 0.2) is 11.6 Å². The Bertz CT molecular complexity index is 639. The van der Waals surface area contributed by atoms with Gasteiger partial charge in [0.15, 0.2) is 11.4 Å². The summed E-state index contributed by atoms with van der Waals surface area (Å²) in [6, 6.07) is 0. The average Bonchev–Trinajstić information content (AvgIpc) is 3.21. The molecule has 0 amide bonds. The molecule has 24 heavy (non-hydrogen) atoms. The van der Waals surface area contributed by atoms with Crippen LogP contribution in [0.4, 0.5) is 0 Å². The summed E-state index contributed by atoms with van der Waals surface area (Å²) in [5.41, 5.74) is 1.48. The number of aliphatic hydroxyl groups excluding tert-OH is 1. The third kappa shape index (κ3) is 1.60. The summed E-state index contributed by atoms with van der Waals surface area (Å²) < 4.78 is 5.99. The predicted octanol–water partition coefficient (Wildman–Crippen LogP) is 3.65. The Morgan fingerprint density at radius 3 is 2.79 bits per heavy atom. The van der Waals surface area contributed by atoms with Gasteiger partial charge in [-0.1, -0.05) is 25.5 Å². The largest absolute Gasteiger partial charge is 0.393 e. The van der Waals surface area contributed by atoms with Crippen molar-refractivity contribution in [2.75, 3.05) is 0 Å². The van der Waals surface area contributed by atoms with E-state index in [1.807, 2.05) is 0 Å². The quantitative estimate of drug-likeness (QED) is 0.590. The number of ketones is 1. The molecule has 1 saturated heterocycles. The van der Waals surface area contributed by atoms with E-state index < -0.39 is 5.60 Å². The lowest BCUT2D eigenvalue weighted by atomic mass is 9.48. The van der Waals surface area contributed by atoms with E-state index in [1.165, 1.54) is 12.8 Å². The van der Waals surface area contributed by atoms with E-state index in [-0.39, 0.29) is 28.8 Å². The van der Waals surface area contributed by atoms with Crippen molar-refractivity contribution in [1.29, 1.82) is 0 Å². The van der Waals surface area contributed by atoms with Crippen LogP contribution in [0, 0.1) is 28.6 Å². The molecule has 3 nitrogen and oxygen atoms in total. The van der Waals surface area contributed by atoms with Crippen LogP contribution < -0.4 is 0 Å². The van der Waals surface area contributed by atoms with E-state index >= 15 is 0 Å². The van der Waals surface area contributed by atoms with Crippen LogP contribution in [0.5, 0.6) is 0 Å². The molecule has 0 aromatic rings. The van der Waals surface area contributed by atoms with E-state index in [0.717, 1.165) is 32.1 Å². The lowest BCUT2D eigenvalue weighted by Crippen LogP contribution is -2.52. The molecule has 0 aromatic carbocycles. The number of hydrogen-bond acceptors (Lipinski definition) is 3. The number of rotatable bonds is 1. The van der Waals surface area contributed by atoms with Crippen molar-refractivity contribution < 1.29 is 14.6 Å². The molecule has 3 saturated carbocycles. The van der Waals surface area contributed by atoms with E-state index in [4.69, 9.17) is 4.74 Å². The lowest BCUT2D eigenvalue weighted by molar-refractivity contribution is -0.129. The summed E-state index contributed by atoms with van der Waals surface area (Å²) in [4.78, 5) is 12.4. The molecule has 0 spiro atoms. The first-order chi connectivity index (χ1) is 11.3. The van der Waals surface area contributed by atoms with Crippen molar-refractivity contribution in [3.8, 4) is 0 Å².